The van der Waals surface area contributed by atoms with Crippen LogP contribution in [0.15, 0.2) is 121 Å². The van der Waals surface area contributed by atoms with E-state index >= 15 is 0 Å². The minimum absolute atomic E-state index is 0.517. The van der Waals surface area contributed by atoms with E-state index in [0.717, 1.165) is 44.2 Å². The maximum absolute atomic E-state index is 14.3. The van der Waals surface area contributed by atoms with Crippen molar-refractivity contribution in [3.8, 4) is 11.3 Å². The third-order valence-electron chi connectivity index (χ3n) is 5.99. The standard InChI is InChI=1S/C30H20FN3/c31-27-18-10-19-28(33-27)34(21-11-2-1-3-12-21)30-24-15-6-4-13-22(24)29(26-17-8-9-20-32-26)23-14-5-7-16-25(23)30/h1-20H. The van der Waals surface area contributed by atoms with Gasteiger partial charge in [-0.2, -0.15) is 4.39 Å². The van der Waals surface area contributed by atoms with Crippen LogP contribution in [0.25, 0.3) is 32.8 Å². The maximum atomic E-state index is 14.3. The Morgan fingerprint density at radius 3 is 1.79 bits per heavy atom. The van der Waals surface area contributed by atoms with E-state index < -0.39 is 5.95 Å². The molecule has 0 aliphatic heterocycles. The van der Waals surface area contributed by atoms with Crippen molar-refractivity contribution in [2.24, 2.45) is 0 Å². The van der Waals surface area contributed by atoms with E-state index in [-0.39, 0.29) is 0 Å². The van der Waals surface area contributed by atoms with E-state index in [1.165, 1.54) is 6.07 Å². The first-order valence-corrected chi connectivity index (χ1v) is 11.1. The quantitative estimate of drug-likeness (QED) is 0.205. The molecule has 0 saturated carbocycles. The van der Waals surface area contributed by atoms with E-state index in [1.54, 1.807) is 6.07 Å². The molecule has 162 valence electrons. The Labute approximate surface area is 196 Å². The fourth-order valence-corrected chi connectivity index (χ4v) is 4.61. The van der Waals surface area contributed by atoms with Gasteiger partial charge in [0.2, 0.25) is 5.95 Å². The second-order valence-corrected chi connectivity index (χ2v) is 8.02. The molecule has 6 rings (SSSR count). The Kier molecular flexibility index (Phi) is 4.96. The number of rotatable bonds is 4. The van der Waals surface area contributed by atoms with Gasteiger partial charge in [0.25, 0.3) is 0 Å². The SMILES string of the molecule is Fc1cccc(N(c2ccccc2)c2c3ccccc3c(-c3ccccn3)c3ccccc23)n1. The average molecular weight is 442 g/mol. The molecule has 0 bridgehead atoms. The van der Waals surface area contributed by atoms with Crippen molar-refractivity contribution in [3.05, 3.63) is 127 Å². The van der Waals surface area contributed by atoms with Gasteiger partial charge < -0.3 is 0 Å². The fourth-order valence-electron chi connectivity index (χ4n) is 4.61. The molecule has 0 amide bonds. The molecule has 34 heavy (non-hydrogen) atoms. The number of pyridine rings is 2. The summed E-state index contributed by atoms with van der Waals surface area (Å²) in [6.07, 6.45) is 1.82. The summed E-state index contributed by atoms with van der Waals surface area (Å²) in [7, 11) is 0. The van der Waals surface area contributed by atoms with Crippen LogP contribution in [0.3, 0.4) is 0 Å². The molecule has 4 heteroatoms. The molecule has 0 atom stereocenters. The van der Waals surface area contributed by atoms with Crippen molar-refractivity contribution < 1.29 is 4.39 Å². The van der Waals surface area contributed by atoms with E-state index in [9.17, 15) is 4.39 Å². The van der Waals surface area contributed by atoms with Crippen LogP contribution in [0.4, 0.5) is 21.6 Å². The highest BCUT2D eigenvalue weighted by atomic mass is 19.1. The van der Waals surface area contributed by atoms with Gasteiger partial charge in [0.05, 0.1) is 11.4 Å². The molecule has 0 saturated heterocycles. The van der Waals surface area contributed by atoms with Crippen LogP contribution in [0.2, 0.25) is 0 Å². The van der Waals surface area contributed by atoms with Crippen LogP contribution in [0, 0.1) is 5.95 Å². The third kappa shape index (κ3) is 3.37. The van der Waals surface area contributed by atoms with E-state index in [0.29, 0.717) is 5.82 Å². The smallest absolute Gasteiger partial charge is 0.214 e. The zero-order chi connectivity index (χ0) is 22.9. The minimum Gasteiger partial charge on any atom is -0.294 e. The lowest BCUT2D eigenvalue weighted by Gasteiger charge is -2.28. The van der Waals surface area contributed by atoms with Crippen LogP contribution < -0.4 is 4.90 Å². The Morgan fingerprint density at radius 2 is 1.18 bits per heavy atom. The van der Waals surface area contributed by atoms with Crippen molar-refractivity contribution in [1.29, 1.82) is 0 Å². The first kappa shape index (κ1) is 20.1. The van der Waals surface area contributed by atoms with E-state index in [1.807, 2.05) is 90.0 Å². The molecular weight excluding hydrogens is 421 g/mol. The predicted molar refractivity (Wildman–Crippen MR) is 137 cm³/mol. The summed E-state index contributed by atoms with van der Waals surface area (Å²) in [4.78, 5) is 11.0. The van der Waals surface area contributed by atoms with Crippen molar-refractivity contribution in [2.45, 2.75) is 0 Å². The largest absolute Gasteiger partial charge is 0.294 e. The highest BCUT2D eigenvalue weighted by Gasteiger charge is 2.22. The molecule has 0 aliphatic rings. The molecule has 4 aromatic carbocycles. The van der Waals surface area contributed by atoms with Crippen LogP contribution in [0.1, 0.15) is 0 Å². The van der Waals surface area contributed by atoms with Gasteiger partial charge >= 0.3 is 0 Å². The number of hydrogen-bond donors (Lipinski definition) is 0. The van der Waals surface area contributed by atoms with Gasteiger partial charge in [-0.15, -0.1) is 0 Å². The van der Waals surface area contributed by atoms with Gasteiger partial charge in [0.1, 0.15) is 5.82 Å². The summed E-state index contributed by atoms with van der Waals surface area (Å²) in [5, 5.41) is 4.23. The maximum Gasteiger partial charge on any atom is 0.214 e. The van der Waals surface area contributed by atoms with E-state index in [4.69, 9.17) is 0 Å². The molecule has 0 radical (unpaired) electrons. The zero-order valence-electron chi connectivity index (χ0n) is 18.3. The Hall–Kier alpha value is -4.57. The second kappa shape index (κ2) is 8.41. The van der Waals surface area contributed by atoms with Gasteiger partial charge in [-0.1, -0.05) is 78.9 Å². The van der Waals surface area contributed by atoms with Gasteiger partial charge in [-0.3, -0.25) is 9.88 Å². The summed E-state index contributed by atoms with van der Waals surface area (Å²) in [6, 6.07) is 37.5. The molecule has 0 aliphatic carbocycles. The normalized spacial score (nSPS) is 11.1. The Morgan fingerprint density at radius 1 is 0.559 bits per heavy atom. The number of aromatic nitrogens is 2. The number of hydrogen-bond acceptors (Lipinski definition) is 3. The predicted octanol–water partition coefficient (Wildman–Crippen LogP) is 8.06. The topological polar surface area (TPSA) is 29.0 Å². The number of para-hydroxylation sites is 1. The lowest BCUT2D eigenvalue weighted by molar-refractivity contribution is 0.584. The summed E-state index contributed by atoms with van der Waals surface area (Å²) >= 11 is 0. The number of fused-ring (bicyclic) bond motifs is 2. The minimum atomic E-state index is -0.517. The zero-order valence-corrected chi connectivity index (χ0v) is 18.3. The molecule has 0 unspecified atom stereocenters. The molecule has 2 aromatic heterocycles. The van der Waals surface area contributed by atoms with Crippen LogP contribution in [0.5, 0.6) is 0 Å². The molecule has 3 nitrogen and oxygen atoms in total. The lowest BCUT2D eigenvalue weighted by Crippen LogP contribution is -2.13. The van der Waals surface area contributed by atoms with Crippen LogP contribution in [-0.2, 0) is 0 Å². The summed E-state index contributed by atoms with van der Waals surface area (Å²) in [6.45, 7) is 0. The first-order chi connectivity index (χ1) is 16.8. The second-order valence-electron chi connectivity index (χ2n) is 8.02. The third-order valence-corrected chi connectivity index (χ3v) is 5.99. The first-order valence-electron chi connectivity index (χ1n) is 11.1. The molecule has 2 heterocycles. The molecule has 0 spiro atoms. The monoisotopic (exact) mass is 441 g/mol. The highest BCUT2D eigenvalue weighted by molar-refractivity contribution is 6.21. The van der Waals surface area contributed by atoms with Crippen LogP contribution >= 0.6 is 0 Å². The number of halogens is 1. The average Bonchev–Trinajstić information content (AvgIpc) is 2.90. The number of nitrogens with zero attached hydrogens (tertiary/aromatic N) is 3. The van der Waals surface area contributed by atoms with Crippen molar-refractivity contribution in [1.82, 2.24) is 9.97 Å². The van der Waals surface area contributed by atoms with Gasteiger partial charge in [0.15, 0.2) is 0 Å². The molecule has 0 fully saturated rings. The fraction of sp³-hybridized carbons (Fsp3) is 0. The Bertz CT molecular complexity index is 1560. The van der Waals surface area contributed by atoms with Gasteiger partial charge in [-0.05, 0) is 47.2 Å². The molecule has 6 aromatic rings. The molecule has 0 N–H and O–H groups in total. The van der Waals surface area contributed by atoms with Gasteiger partial charge in [-0.25, -0.2) is 4.98 Å². The van der Waals surface area contributed by atoms with Crippen molar-refractivity contribution >= 4 is 38.7 Å². The summed E-state index contributed by atoms with van der Waals surface area (Å²) < 4.78 is 14.3. The Balaban J connectivity index is 1.78. The number of anilines is 3. The number of benzene rings is 4. The highest BCUT2D eigenvalue weighted by Crippen LogP contribution is 2.47. The van der Waals surface area contributed by atoms with Gasteiger partial charge in [0, 0.05) is 28.2 Å². The summed E-state index contributed by atoms with van der Waals surface area (Å²) in [5.74, 6) is 0.00393. The lowest BCUT2D eigenvalue weighted by atomic mass is 9.92. The van der Waals surface area contributed by atoms with Crippen molar-refractivity contribution in [2.75, 3.05) is 4.90 Å². The summed E-state index contributed by atoms with van der Waals surface area (Å²) in [5.41, 5.74) is 3.85. The van der Waals surface area contributed by atoms with E-state index in [2.05, 4.69) is 34.2 Å². The molecular formula is C30H20FN3. The van der Waals surface area contributed by atoms with Crippen molar-refractivity contribution in [3.63, 3.8) is 0 Å². The van der Waals surface area contributed by atoms with Crippen LogP contribution in [-0.4, -0.2) is 9.97 Å².